The summed E-state index contributed by atoms with van der Waals surface area (Å²) in [5.41, 5.74) is 1.08. The van der Waals surface area contributed by atoms with Gasteiger partial charge in [0, 0.05) is 42.6 Å². The molecule has 1 aromatic carbocycles. The fourth-order valence-electron chi connectivity index (χ4n) is 2.83. The molecule has 1 aliphatic rings. The standard InChI is InChI=1S/C17H26N2O2S/c1-13(12-22-3)17(20)19-9-7-14(8-10-19)18-15-5-4-6-16(11-15)21-2/h4-6,11,13-14,18H,7-10,12H2,1-3H3/t13-/m0/s1. The largest absolute Gasteiger partial charge is 0.497 e. The summed E-state index contributed by atoms with van der Waals surface area (Å²) in [6, 6.07) is 8.43. The minimum atomic E-state index is 0.123. The molecule has 1 fully saturated rings. The third-order valence-corrected chi connectivity index (χ3v) is 4.92. The van der Waals surface area contributed by atoms with E-state index in [0.29, 0.717) is 11.9 Å². The van der Waals surface area contributed by atoms with Crippen LogP contribution in [0.2, 0.25) is 0 Å². The zero-order valence-corrected chi connectivity index (χ0v) is 14.5. The Morgan fingerprint density at radius 1 is 1.45 bits per heavy atom. The van der Waals surface area contributed by atoms with Crippen LogP contribution < -0.4 is 10.1 Å². The monoisotopic (exact) mass is 322 g/mol. The van der Waals surface area contributed by atoms with Gasteiger partial charge in [0.15, 0.2) is 0 Å². The van der Waals surface area contributed by atoms with Crippen LogP contribution in [0.25, 0.3) is 0 Å². The van der Waals surface area contributed by atoms with Crippen LogP contribution in [0.1, 0.15) is 19.8 Å². The van der Waals surface area contributed by atoms with Gasteiger partial charge < -0.3 is 15.0 Å². The van der Waals surface area contributed by atoms with E-state index in [1.165, 1.54) is 0 Å². The summed E-state index contributed by atoms with van der Waals surface area (Å²) in [6.07, 6.45) is 4.04. The highest BCUT2D eigenvalue weighted by Gasteiger charge is 2.25. The minimum absolute atomic E-state index is 0.123. The van der Waals surface area contributed by atoms with Crippen molar-refractivity contribution in [3.05, 3.63) is 24.3 Å². The Hall–Kier alpha value is -1.36. The van der Waals surface area contributed by atoms with Gasteiger partial charge in [-0.3, -0.25) is 4.79 Å². The number of piperidine rings is 1. The van der Waals surface area contributed by atoms with Crippen molar-refractivity contribution in [1.82, 2.24) is 4.90 Å². The number of hydrogen-bond donors (Lipinski definition) is 1. The number of ether oxygens (including phenoxy) is 1. The van der Waals surface area contributed by atoms with Crippen LogP contribution in [0, 0.1) is 5.92 Å². The highest BCUT2D eigenvalue weighted by Crippen LogP contribution is 2.21. The maximum absolute atomic E-state index is 12.3. The lowest BCUT2D eigenvalue weighted by atomic mass is 10.0. The lowest BCUT2D eigenvalue weighted by Crippen LogP contribution is -2.44. The van der Waals surface area contributed by atoms with Crippen LogP contribution >= 0.6 is 11.8 Å². The minimum Gasteiger partial charge on any atom is -0.497 e. The number of rotatable bonds is 6. The first kappa shape index (κ1) is 17.0. The molecular weight excluding hydrogens is 296 g/mol. The van der Waals surface area contributed by atoms with Crippen LogP contribution in [-0.2, 0) is 4.79 Å². The van der Waals surface area contributed by atoms with Crippen molar-refractivity contribution in [2.24, 2.45) is 5.92 Å². The lowest BCUT2D eigenvalue weighted by molar-refractivity contribution is -0.135. The molecule has 0 spiro atoms. The summed E-state index contributed by atoms with van der Waals surface area (Å²) < 4.78 is 5.25. The summed E-state index contributed by atoms with van der Waals surface area (Å²) in [6.45, 7) is 3.72. The molecule has 4 nitrogen and oxygen atoms in total. The predicted molar refractivity (Wildman–Crippen MR) is 93.8 cm³/mol. The quantitative estimate of drug-likeness (QED) is 0.874. The molecule has 1 heterocycles. The van der Waals surface area contributed by atoms with Gasteiger partial charge in [-0.05, 0) is 31.2 Å². The maximum atomic E-state index is 12.3. The fraction of sp³-hybridized carbons (Fsp3) is 0.588. The van der Waals surface area contributed by atoms with Gasteiger partial charge in [0.2, 0.25) is 5.91 Å². The second-order valence-corrected chi connectivity index (χ2v) is 6.74. The first-order valence-corrected chi connectivity index (χ1v) is 9.21. The van der Waals surface area contributed by atoms with E-state index in [1.807, 2.05) is 36.3 Å². The molecule has 1 aromatic rings. The van der Waals surface area contributed by atoms with Gasteiger partial charge in [-0.25, -0.2) is 0 Å². The molecule has 1 atom stereocenters. The van der Waals surface area contributed by atoms with Crippen molar-refractivity contribution >= 4 is 23.4 Å². The molecule has 1 N–H and O–H groups in total. The maximum Gasteiger partial charge on any atom is 0.226 e. The first-order chi connectivity index (χ1) is 10.6. The van der Waals surface area contributed by atoms with E-state index in [-0.39, 0.29) is 5.92 Å². The molecule has 0 aliphatic carbocycles. The summed E-state index contributed by atoms with van der Waals surface area (Å²) >= 11 is 1.74. The number of benzene rings is 1. The van der Waals surface area contributed by atoms with Gasteiger partial charge in [-0.2, -0.15) is 11.8 Å². The number of anilines is 1. The van der Waals surface area contributed by atoms with Gasteiger partial charge in [0.05, 0.1) is 7.11 Å². The molecule has 1 aliphatic heterocycles. The van der Waals surface area contributed by atoms with E-state index in [1.54, 1.807) is 18.9 Å². The molecule has 2 rings (SSSR count). The van der Waals surface area contributed by atoms with Gasteiger partial charge >= 0.3 is 0 Å². The Morgan fingerprint density at radius 2 is 2.18 bits per heavy atom. The number of carbonyl (C=O) groups is 1. The van der Waals surface area contributed by atoms with Crippen molar-refractivity contribution in [1.29, 1.82) is 0 Å². The van der Waals surface area contributed by atoms with Crippen molar-refractivity contribution < 1.29 is 9.53 Å². The van der Waals surface area contributed by atoms with Crippen LogP contribution in [0.15, 0.2) is 24.3 Å². The summed E-state index contributed by atoms with van der Waals surface area (Å²) in [7, 11) is 1.68. The van der Waals surface area contributed by atoms with Gasteiger partial charge in [-0.15, -0.1) is 0 Å². The molecule has 1 amide bonds. The molecule has 0 bridgehead atoms. The van der Waals surface area contributed by atoms with E-state index in [9.17, 15) is 4.79 Å². The van der Waals surface area contributed by atoms with Crippen molar-refractivity contribution in [2.45, 2.75) is 25.8 Å². The van der Waals surface area contributed by atoms with E-state index in [4.69, 9.17) is 4.74 Å². The van der Waals surface area contributed by atoms with Crippen LogP contribution in [0.5, 0.6) is 5.75 Å². The average Bonchev–Trinajstić information content (AvgIpc) is 2.55. The first-order valence-electron chi connectivity index (χ1n) is 7.82. The number of carbonyl (C=O) groups excluding carboxylic acids is 1. The SMILES string of the molecule is COc1cccc(NC2CCN(C(=O)[C@@H](C)CSC)CC2)c1. The smallest absolute Gasteiger partial charge is 0.226 e. The number of nitrogens with one attached hydrogen (secondary N) is 1. The number of amides is 1. The second kappa shape index (κ2) is 8.32. The zero-order chi connectivity index (χ0) is 15.9. The van der Waals surface area contributed by atoms with E-state index in [0.717, 1.165) is 43.1 Å². The van der Waals surface area contributed by atoms with Crippen molar-refractivity contribution in [3.63, 3.8) is 0 Å². The topological polar surface area (TPSA) is 41.6 Å². The van der Waals surface area contributed by atoms with Crippen molar-refractivity contribution in [3.8, 4) is 5.75 Å². The second-order valence-electron chi connectivity index (χ2n) is 5.83. The Labute approximate surface area is 137 Å². The molecule has 5 heteroatoms. The van der Waals surface area contributed by atoms with Crippen LogP contribution in [-0.4, -0.2) is 49.1 Å². The third-order valence-electron chi connectivity index (χ3n) is 4.09. The number of likely N-dealkylation sites (tertiary alicyclic amines) is 1. The Kier molecular flexibility index (Phi) is 6.43. The zero-order valence-electron chi connectivity index (χ0n) is 13.7. The molecule has 22 heavy (non-hydrogen) atoms. The fourth-order valence-corrected chi connectivity index (χ4v) is 3.47. The van der Waals surface area contributed by atoms with E-state index < -0.39 is 0 Å². The Morgan fingerprint density at radius 3 is 2.82 bits per heavy atom. The Balaban J connectivity index is 1.83. The summed E-state index contributed by atoms with van der Waals surface area (Å²) in [5.74, 6) is 2.19. The average molecular weight is 322 g/mol. The molecule has 0 radical (unpaired) electrons. The highest BCUT2D eigenvalue weighted by molar-refractivity contribution is 7.98. The van der Waals surface area contributed by atoms with E-state index >= 15 is 0 Å². The molecule has 0 saturated carbocycles. The number of hydrogen-bond acceptors (Lipinski definition) is 4. The predicted octanol–water partition coefficient (Wildman–Crippen LogP) is 3.10. The van der Waals surface area contributed by atoms with Gasteiger partial charge in [0.25, 0.3) is 0 Å². The molecule has 122 valence electrons. The molecule has 1 saturated heterocycles. The number of methoxy groups -OCH3 is 1. The third kappa shape index (κ3) is 4.57. The molecule has 0 unspecified atom stereocenters. The molecular formula is C17H26N2O2S. The van der Waals surface area contributed by atoms with Gasteiger partial charge in [-0.1, -0.05) is 13.0 Å². The number of nitrogens with zero attached hydrogens (tertiary/aromatic N) is 1. The highest BCUT2D eigenvalue weighted by atomic mass is 32.2. The molecule has 0 aromatic heterocycles. The summed E-state index contributed by atoms with van der Waals surface area (Å²) in [4.78, 5) is 14.3. The lowest BCUT2D eigenvalue weighted by Gasteiger charge is -2.34. The summed E-state index contributed by atoms with van der Waals surface area (Å²) in [5, 5.41) is 3.55. The van der Waals surface area contributed by atoms with Gasteiger partial charge in [0.1, 0.15) is 5.75 Å². The van der Waals surface area contributed by atoms with Crippen LogP contribution in [0.3, 0.4) is 0 Å². The number of thioether (sulfide) groups is 1. The van der Waals surface area contributed by atoms with Crippen molar-refractivity contribution in [2.75, 3.05) is 37.5 Å². The van der Waals surface area contributed by atoms with Crippen LogP contribution in [0.4, 0.5) is 5.69 Å². The Bertz CT molecular complexity index is 487. The van der Waals surface area contributed by atoms with E-state index in [2.05, 4.69) is 11.4 Å². The normalized spacial score (nSPS) is 17.1.